The second-order valence-corrected chi connectivity index (χ2v) is 4.34. The Morgan fingerprint density at radius 2 is 2.00 bits per heavy atom. The second kappa shape index (κ2) is 3.70. The Kier molecular flexibility index (Phi) is 2.52. The Balaban J connectivity index is 2.77. The number of anilines is 1. The standard InChI is InChI=1S/C11H10BrNO2/c1-13(2)9-6-10-7(5-8(9)12)3-4-11(14)15-10/h3-6H,1-2H3. The molecule has 0 radical (unpaired) electrons. The summed E-state index contributed by atoms with van der Waals surface area (Å²) in [7, 11) is 3.87. The van der Waals surface area contributed by atoms with Crippen molar-refractivity contribution >= 4 is 32.6 Å². The monoisotopic (exact) mass is 267 g/mol. The third kappa shape index (κ3) is 1.90. The summed E-state index contributed by atoms with van der Waals surface area (Å²) in [6.07, 6.45) is 0. The van der Waals surface area contributed by atoms with Gasteiger partial charge in [0.15, 0.2) is 0 Å². The van der Waals surface area contributed by atoms with Gasteiger partial charge in [0.2, 0.25) is 0 Å². The maximum Gasteiger partial charge on any atom is 0.336 e. The number of fused-ring (bicyclic) bond motifs is 1. The van der Waals surface area contributed by atoms with Crippen LogP contribution in [0.5, 0.6) is 0 Å². The lowest BCUT2D eigenvalue weighted by Gasteiger charge is -2.14. The van der Waals surface area contributed by atoms with Gasteiger partial charge in [0.25, 0.3) is 0 Å². The summed E-state index contributed by atoms with van der Waals surface area (Å²) in [6, 6.07) is 6.96. The molecule has 15 heavy (non-hydrogen) atoms. The number of benzene rings is 1. The Hall–Kier alpha value is -1.29. The van der Waals surface area contributed by atoms with E-state index in [1.165, 1.54) is 6.07 Å². The number of hydrogen-bond donors (Lipinski definition) is 0. The summed E-state index contributed by atoms with van der Waals surface area (Å²) < 4.78 is 6.08. The van der Waals surface area contributed by atoms with Crippen LogP contribution in [0.3, 0.4) is 0 Å². The van der Waals surface area contributed by atoms with E-state index in [1.54, 1.807) is 6.07 Å². The lowest BCUT2D eigenvalue weighted by Crippen LogP contribution is -2.09. The van der Waals surface area contributed by atoms with Gasteiger partial charge in [-0.3, -0.25) is 0 Å². The van der Waals surface area contributed by atoms with Crippen LogP contribution < -0.4 is 10.5 Å². The van der Waals surface area contributed by atoms with Gasteiger partial charge in [-0.2, -0.15) is 0 Å². The topological polar surface area (TPSA) is 33.5 Å². The van der Waals surface area contributed by atoms with Gasteiger partial charge in [0, 0.05) is 36.1 Å². The summed E-state index contributed by atoms with van der Waals surface area (Å²) in [5, 5.41) is 0.909. The van der Waals surface area contributed by atoms with Gasteiger partial charge in [0.1, 0.15) is 5.58 Å². The first-order chi connectivity index (χ1) is 7.08. The quantitative estimate of drug-likeness (QED) is 0.745. The van der Waals surface area contributed by atoms with Crippen molar-refractivity contribution in [3.63, 3.8) is 0 Å². The molecule has 78 valence electrons. The highest BCUT2D eigenvalue weighted by Crippen LogP contribution is 2.29. The van der Waals surface area contributed by atoms with Crippen LogP contribution in [-0.2, 0) is 0 Å². The minimum Gasteiger partial charge on any atom is -0.423 e. The van der Waals surface area contributed by atoms with Gasteiger partial charge in [0.05, 0.1) is 5.69 Å². The molecule has 0 N–H and O–H groups in total. The largest absolute Gasteiger partial charge is 0.423 e. The first-order valence-electron chi connectivity index (χ1n) is 4.48. The van der Waals surface area contributed by atoms with Crippen molar-refractivity contribution in [3.05, 3.63) is 39.2 Å². The summed E-state index contributed by atoms with van der Waals surface area (Å²) in [6.45, 7) is 0. The molecular formula is C11H10BrNO2. The SMILES string of the molecule is CN(C)c1cc2oc(=O)ccc2cc1Br. The molecule has 0 amide bonds. The Morgan fingerprint density at radius 1 is 1.27 bits per heavy atom. The number of hydrogen-bond acceptors (Lipinski definition) is 3. The molecule has 1 heterocycles. The van der Waals surface area contributed by atoms with Crippen LogP contribution in [0.25, 0.3) is 11.0 Å². The smallest absolute Gasteiger partial charge is 0.336 e. The fourth-order valence-electron chi connectivity index (χ4n) is 1.42. The normalized spacial score (nSPS) is 10.6. The van der Waals surface area contributed by atoms with E-state index in [2.05, 4.69) is 15.9 Å². The maximum absolute atomic E-state index is 11.1. The average molecular weight is 268 g/mol. The average Bonchev–Trinajstić information content (AvgIpc) is 2.17. The molecule has 0 spiro atoms. The molecule has 2 aromatic rings. The van der Waals surface area contributed by atoms with Gasteiger partial charge < -0.3 is 9.32 Å². The molecule has 3 nitrogen and oxygen atoms in total. The van der Waals surface area contributed by atoms with Crippen LogP contribution in [0.2, 0.25) is 0 Å². The second-order valence-electron chi connectivity index (χ2n) is 3.49. The number of nitrogens with zero attached hydrogens (tertiary/aromatic N) is 1. The first kappa shape index (κ1) is 10.2. The van der Waals surface area contributed by atoms with E-state index in [-0.39, 0.29) is 5.63 Å². The minimum atomic E-state index is -0.325. The zero-order valence-corrected chi connectivity index (χ0v) is 10.0. The lowest BCUT2D eigenvalue weighted by atomic mass is 10.2. The van der Waals surface area contributed by atoms with E-state index in [0.717, 1.165) is 15.5 Å². The summed E-state index contributed by atoms with van der Waals surface area (Å²) in [5.74, 6) is 0. The van der Waals surface area contributed by atoms with Crippen LogP contribution in [0.15, 0.2) is 37.9 Å². The molecule has 4 heteroatoms. The van der Waals surface area contributed by atoms with E-state index in [0.29, 0.717) is 5.58 Å². The molecule has 1 aromatic heterocycles. The fraction of sp³-hybridized carbons (Fsp3) is 0.182. The van der Waals surface area contributed by atoms with Crippen LogP contribution >= 0.6 is 15.9 Å². The van der Waals surface area contributed by atoms with Crippen LogP contribution in [-0.4, -0.2) is 14.1 Å². The van der Waals surface area contributed by atoms with Gasteiger partial charge in [-0.25, -0.2) is 4.79 Å². The van der Waals surface area contributed by atoms with Crippen molar-refractivity contribution in [1.82, 2.24) is 0 Å². The Bertz CT molecular complexity index is 560. The Labute approximate surface area is 95.4 Å². The molecule has 0 saturated carbocycles. The van der Waals surface area contributed by atoms with Crippen molar-refractivity contribution in [3.8, 4) is 0 Å². The van der Waals surface area contributed by atoms with Crippen molar-refractivity contribution in [1.29, 1.82) is 0 Å². The molecule has 0 unspecified atom stereocenters. The molecular weight excluding hydrogens is 258 g/mol. The number of rotatable bonds is 1. The molecule has 0 aliphatic rings. The molecule has 0 fully saturated rings. The fourth-order valence-corrected chi connectivity index (χ4v) is 2.14. The van der Waals surface area contributed by atoms with E-state index in [1.807, 2.05) is 31.1 Å². The van der Waals surface area contributed by atoms with Gasteiger partial charge in [-0.05, 0) is 28.1 Å². The van der Waals surface area contributed by atoms with Crippen molar-refractivity contribution in [2.24, 2.45) is 0 Å². The molecule has 0 bridgehead atoms. The zero-order chi connectivity index (χ0) is 11.0. The molecule has 0 aliphatic carbocycles. The highest BCUT2D eigenvalue weighted by atomic mass is 79.9. The third-order valence-corrected chi connectivity index (χ3v) is 2.81. The highest BCUT2D eigenvalue weighted by Gasteiger charge is 2.06. The van der Waals surface area contributed by atoms with E-state index >= 15 is 0 Å². The van der Waals surface area contributed by atoms with E-state index in [4.69, 9.17) is 4.42 Å². The van der Waals surface area contributed by atoms with Crippen molar-refractivity contribution in [2.45, 2.75) is 0 Å². The Morgan fingerprint density at radius 3 is 2.67 bits per heavy atom. The first-order valence-corrected chi connectivity index (χ1v) is 5.28. The molecule has 0 saturated heterocycles. The number of halogens is 1. The summed E-state index contributed by atoms with van der Waals surface area (Å²) >= 11 is 3.48. The van der Waals surface area contributed by atoms with E-state index in [9.17, 15) is 4.79 Å². The zero-order valence-electron chi connectivity index (χ0n) is 8.45. The summed E-state index contributed by atoms with van der Waals surface area (Å²) in [4.78, 5) is 13.0. The molecule has 0 atom stereocenters. The predicted octanol–water partition coefficient (Wildman–Crippen LogP) is 2.62. The predicted molar refractivity (Wildman–Crippen MR) is 64.5 cm³/mol. The van der Waals surface area contributed by atoms with Gasteiger partial charge >= 0.3 is 5.63 Å². The summed E-state index contributed by atoms with van der Waals surface area (Å²) in [5.41, 5.74) is 1.26. The van der Waals surface area contributed by atoms with Crippen LogP contribution in [0.4, 0.5) is 5.69 Å². The maximum atomic E-state index is 11.1. The van der Waals surface area contributed by atoms with Crippen LogP contribution in [0, 0.1) is 0 Å². The van der Waals surface area contributed by atoms with Crippen molar-refractivity contribution < 1.29 is 4.42 Å². The van der Waals surface area contributed by atoms with Gasteiger partial charge in [-0.15, -0.1) is 0 Å². The highest BCUT2D eigenvalue weighted by molar-refractivity contribution is 9.10. The van der Waals surface area contributed by atoms with Crippen LogP contribution in [0.1, 0.15) is 0 Å². The van der Waals surface area contributed by atoms with Gasteiger partial charge in [-0.1, -0.05) is 0 Å². The lowest BCUT2D eigenvalue weighted by molar-refractivity contribution is 0.561. The van der Waals surface area contributed by atoms with Crippen molar-refractivity contribution in [2.75, 3.05) is 19.0 Å². The molecule has 2 rings (SSSR count). The molecule has 0 aliphatic heterocycles. The minimum absolute atomic E-state index is 0.325. The molecule has 1 aromatic carbocycles. The van der Waals surface area contributed by atoms with E-state index < -0.39 is 0 Å². The third-order valence-electron chi connectivity index (χ3n) is 2.17.